The molecule has 2 aromatic heterocycles. The second-order valence-corrected chi connectivity index (χ2v) is 5.63. The third-order valence-electron chi connectivity index (χ3n) is 3.87. The van der Waals surface area contributed by atoms with Crippen molar-refractivity contribution in [2.75, 3.05) is 5.73 Å². The van der Waals surface area contributed by atoms with Crippen molar-refractivity contribution in [3.05, 3.63) is 69.5 Å². The molecule has 0 saturated heterocycles. The fraction of sp³-hybridized carbons (Fsp3) is 0.167. The highest BCUT2D eigenvalue weighted by molar-refractivity contribution is 5.69. The van der Waals surface area contributed by atoms with Crippen LogP contribution in [0.1, 0.15) is 22.6 Å². The second-order valence-electron chi connectivity index (χ2n) is 5.63. The Balaban J connectivity index is 2.05. The van der Waals surface area contributed by atoms with Gasteiger partial charge in [0.05, 0.1) is 29.6 Å². The van der Waals surface area contributed by atoms with Crippen LogP contribution in [0, 0.1) is 25.2 Å². The number of pyridine rings is 1. The van der Waals surface area contributed by atoms with Crippen LogP contribution in [0.2, 0.25) is 0 Å². The molecule has 0 aliphatic heterocycles. The van der Waals surface area contributed by atoms with E-state index in [4.69, 9.17) is 15.5 Å². The van der Waals surface area contributed by atoms with E-state index in [1.165, 1.54) is 0 Å². The van der Waals surface area contributed by atoms with E-state index in [9.17, 15) is 4.79 Å². The third-order valence-corrected chi connectivity index (χ3v) is 3.87. The lowest BCUT2D eigenvalue weighted by Crippen LogP contribution is -2.23. The van der Waals surface area contributed by atoms with E-state index >= 15 is 0 Å². The molecule has 0 amide bonds. The molecule has 6 nitrogen and oxygen atoms in total. The maximum Gasteiger partial charge on any atom is 0.274 e. The van der Waals surface area contributed by atoms with Gasteiger partial charge in [-0.2, -0.15) is 5.26 Å². The van der Waals surface area contributed by atoms with Crippen molar-refractivity contribution in [2.45, 2.75) is 20.4 Å². The first-order valence-corrected chi connectivity index (χ1v) is 7.42. The van der Waals surface area contributed by atoms with Crippen LogP contribution in [-0.4, -0.2) is 9.72 Å². The third kappa shape index (κ3) is 2.79. The second kappa shape index (κ2) is 6.05. The van der Waals surface area contributed by atoms with Crippen LogP contribution in [0.3, 0.4) is 0 Å². The topological polar surface area (TPSA) is 97.8 Å². The number of aryl methyl sites for hydroxylation is 2. The molecule has 0 aliphatic carbocycles. The van der Waals surface area contributed by atoms with Crippen LogP contribution in [0.15, 0.2) is 45.8 Å². The molecule has 0 spiro atoms. The lowest BCUT2D eigenvalue weighted by Gasteiger charge is -2.10. The van der Waals surface area contributed by atoms with Gasteiger partial charge in [-0.15, -0.1) is 0 Å². The van der Waals surface area contributed by atoms with Crippen molar-refractivity contribution in [3.63, 3.8) is 0 Å². The Morgan fingerprint density at radius 3 is 2.58 bits per heavy atom. The minimum atomic E-state index is -0.255. The molecule has 3 rings (SSSR count). The monoisotopic (exact) mass is 320 g/mol. The lowest BCUT2D eigenvalue weighted by atomic mass is 10.1. The Kier molecular flexibility index (Phi) is 3.92. The van der Waals surface area contributed by atoms with Crippen molar-refractivity contribution < 1.29 is 4.52 Å². The van der Waals surface area contributed by atoms with Gasteiger partial charge in [-0.3, -0.25) is 4.79 Å². The minimum Gasteiger partial charge on any atom is -0.394 e. The quantitative estimate of drug-likeness (QED) is 0.800. The number of rotatable bonds is 3. The molecule has 0 aliphatic rings. The number of anilines is 1. The number of hydrogen-bond acceptors (Lipinski definition) is 5. The van der Waals surface area contributed by atoms with Crippen LogP contribution in [-0.2, 0) is 6.54 Å². The van der Waals surface area contributed by atoms with E-state index in [2.05, 4.69) is 11.2 Å². The van der Waals surface area contributed by atoms with Gasteiger partial charge >= 0.3 is 0 Å². The summed E-state index contributed by atoms with van der Waals surface area (Å²) in [6.07, 6.45) is 1.75. The summed E-state index contributed by atoms with van der Waals surface area (Å²) in [5.74, 6) is 0.676. The highest BCUT2D eigenvalue weighted by Crippen LogP contribution is 2.27. The molecule has 24 heavy (non-hydrogen) atoms. The molecule has 0 fully saturated rings. The fourth-order valence-electron chi connectivity index (χ4n) is 2.69. The molecular weight excluding hydrogens is 304 g/mol. The standard InChI is InChI=1S/C18H16N4O2/c1-11-17(12(2)24-21-11)15-7-16(20)18(23)22(10-15)9-14-5-3-13(8-19)4-6-14/h3-7,10H,9,20H2,1-2H3. The molecule has 6 heteroatoms. The Hall–Kier alpha value is -3.33. The highest BCUT2D eigenvalue weighted by Gasteiger charge is 2.14. The summed E-state index contributed by atoms with van der Waals surface area (Å²) in [5.41, 5.74) is 9.68. The average molecular weight is 320 g/mol. The summed E-state index contributed by atoms with van der Waals surface area (Å²) in [4.78, 5) is 12.3. The van der Waals surface area contributed by atoms with Gasteiger partial charge in [0.1, 0.15) is 5.76 Å². The fourth-order valence-corrected chi connectivity index (χ4v) is 2.69. The summed E-state index contributed by atoms with van der Waals surface area (Å²) in [6, 6.07) is 10.8. The summed E-state index contributed by atoms with van der Waals surface area (Å²) < 4.78 is 6.75. The number of nitriles is 1. The zero-order valence-corrected chi connectivity index (χ0v) is 13.4. The van der Waals surface area contributed by atoms with E-state index < -0.39 is 0 Å². The van der Waals surface area contributed by atoms with Gasteiger partial charge in [0, 0.05) is 17.3 Å². The predicted octanol–water partition coefficient (Wildman–Crippen LogP) is 2.62. The van der Waals surface area contributed by atoms with Crippen molar-refractivity contribution in [1.82, 2.24) is 9.72 Å². The average Bonchev–Trinajstić information content (AvgIpc) is 2.91. The Morgan fingerprint density at radius 2 is 2.00 bits per heavy atom. The zero-order valence-electron chi connectivity index (χ0n) is 13.4. The van der Waals surface area contributed by atoms with Crippen molar-refractivity contribution in [1.29, 1.82) is 5.26 Å². The number of nitrogen functional groups attached to an aromatic ring is 1. The van der Waals surface area contributed by atoms with Crippen molar-refractivity contribution in [3.8, 4) is 17.2 Å². The molecule has 0 saturated carbocycles. The van der Waals surface area contributed by atoms with E-state index in [1.807, 2.05) is 26.0 Å². The highest BCUT2D eigenvalue weighted by atomic mass is 16.5. The minimum absolute atomic E-state index is 0.168. The van der Waals surface area contributed by atoms with Crippen LogP contribution < -0.4 is 11.3 Å². The van der Waals surface area contributed by atoms with E-state index in [1.54, 1.807) is 29.0 Å². The SMILES string of the molecule is Cc1noc(C)c1-c1cc(N)c(=O)n(Cc2ccc(C#N)cc2)c1. The van der Waals surface area contributed by atoms with Gasteiger partial charge < -0.3 is 14.8 Å². The Labute approximate surface area is 138 Å². The number of benzene rings is 1. The number of aromatic nitrogens is 2. The first kappa shape index (κ1) is 15.6. The van der Waals surface area contributed by atoms with E-state index in [0.29, 0.717) is 17.9 Å². The molecule has 3 aromatic rings. The van der Waals surface area contributed by atoms with Gasteiger partial charge in [-0.1, -0.05) is 17.3 Å². The largest absolute Gasteiger partial charge is 0.394 e. The van der Waals surface area contributed by atoms with Crippen LogP contribution >= 0.6 is 0 Å². The molecule has 0 unspecified atom stereocenters. The maximum atomic E-state index is 12.3. The first-order chi connectivity index (χ1) is 11.5. The first-order valence-electron chi connectivity index (χ1n) is 7.42. The van der Waals surface area contributed by atoms with Crippen LogP contribution in [0.4, 0.5) is 5.69 Å². The molecule has 1 aromatic carbocycles. The number of hydrogen-bond donors (Lipinski definition) is 1. The Bertz CT molecular complexity index is 972. The summed E-state index contributed by atoms with van der Waals surface area (Å²) in [7, 11) is 0. The molecule has 2 N–H and O–H groups in total. The van der Waals surface area contributed by atoms with Crippen LogP contribution in [0.5, 0.6) is 0 Å². The summed E-state index contributed by atoms with van der Waals surface area (Å²) >= 11 is 0. The van der Waals surface area contributed by atoms with E-state index in [0.717, 1.165) is 22.4 Å². The molecule has 2 heterocycles. The summed E-state index contributed by atoms with van der Waals surface area (Å²) in [5, 5.41) is 12.8. The molecule has 120 valence electrons. The molecular formula is C18H16N4O2. The van der Waals surface area contributed by atoms with Crippen molar-refractivity contribution in [2.24, 2.45) is 0 Å². The predicted molar refractivity (Wildman–Crippen MR) is 90.3 cm³/mol. The summed E-state index contributed by atoms with van der Waals surface area (Å²) in [6.45, 7) is 4.03. The maximum absolute atomic E-state index is 12.3. The normalized spacial score (nSPS) is 10.5. The van der Waals surface area contributed by atoms with Crippen molar-refractivity contribution >= 4 is 5.69 Å². The van der Waals surface area contributed by atoms with Gasteiger partial charge in [0.25, 0.3) is 5.56 Å². The Morgan fingerprint density at radius 1 is 1.29 bits per heavy atom. The smallest absolute Gasteiger partial charge is 0.274 e. The van der Waals surface area contributed by atoms with Crippen LogP contribution in [0.25, 0.3) is 11.1 Å². The molecule has 0 bridgehead atoms. The molecule has 0 atom stereocenters. The van der Waals surface area contributed by atoms with Gasteiger partial charge in [-0.25, -0.2) is 0 Å². The number of nitrogens with zero attached hydrogens (tertiary/aromatic N) is 3. The van der Waals surface area contributed by atoms with Gasteiger partial charge in [-0.05, 0) is 37.6 Å². The van der Waals surface area contributed by atoms with E-state index in [-0.39, 0.29) is 11.2 Å². The molecule has 0 radical (unpaired) electrons. The number of nitrogens with two attached hydrogens (primary N) is 1. The van der Waals surface area contributed by atoms with Gasteiger partial charge in [0.15, 0.2) is 0 Å². The van der Waals surface area contributed by atoms with Gasteiger partial charge in [0.2, 0.25) is 0 Å². The lowest BCUT2D eigenvalue weighted by molar-refractivity contribution is 0.393. The zero-order chi connectivity index (χ0) is 17.3.